The van der Waals surface area contributed by atoms with E-state index in [1.807, 2.05) is 30.1 Å². The molecule has 2 rings (SSSR count). The van der Waals surface area contributed by atoms with Crippen LogP contribution in [0.3, 0.4) is 0 Å². The number of aromatic nitrogens is 2. The first-order chi connectivity index (χ1) is 8.43. The van der Waals surface area contributed by atoms with Crippen molar-refractivity contribution in [1.29, 1.82) is 0 Å². The van der Waals surface area contributed by atoms with Crippen LogP contribution in [0.5, 0.6) is 5.75 Å². The molecule has 96 valence electrons. The molecule has 0 N–H and O–H groups in total. The predicted octanol–water partition coefficient (Wildman–Crippen LogP) is 3.39. The fraction of sp³-hybridized carbons (Fsp3) is 0.400. The van der Waals surface area contributed by atoms with Gasteiger partial charge in [0, 0.05) is 18.2 Å². The first-order valence-electron chi connectivity index (χ1n) is 6.10. The molecule has 3 heteroatoms. The summed E-state index contributed by atoms with van der Waals surface area (Å²) >= 11 is 0. The zero-order valence-electron chi connectivity index (χ0n) is 11.7. The number of methoxy groups -OCH3 is 1. The van der Waals surface area contributed by atoms with Crippen LogP contribution in [0.1, 0.15) is 26.3 Å². The quantitative estimate of drug-likeness (QED) is 0.809. The summed E-state index contributed by atoms with van der Waals surface area (Å²) < 4.78 is 7.12. The number of hydrogen-bond donors (Lipinski definition) is 0. The van der Waals surface area contributed by atoms with Gasteiger partial charge < -0.3 is 4.74 Å². The minimum absolute atomic E-state index is 0.0868. The van der Waals surface area contributed by atoms with E-state index in [9.17, 15) is 0 Å². The molecule has 18 heavy (non-hydrogen) atoms. The molecule has 1 aromatic heterocycles. The summed E-state index contributed by atoms with van der Waals surface area (Å²) in [5.41, 5.74) is 3.69. The summed E-state index contributed by atoms with van der Waals surface area (Å²) in [6.45, 7) is 6.62. The SMILES string of the molecule is COc1ccc(-c2c(C(C)(C)C)cnn2C)cc1. The van der Waals surface area contributed by atoms with Crippen LogP contribution in [0.15, 0.2) is 30.5 Å². The molecule has 0 unspecified atom stereocenters. The van der Waals surface area contributed by atoms with E-state index in [-0.39, 0.29) is 5.41 Å². The average molecular weight is 244 g/mol. The van der Waals surface area contributed by atoms with Gasteiger partial charge in [0.15, 0.2) is 0 Å². The molecule has 1 heterocycles. The fourth-order valence-electron chi connectivity index (χ4n) is 2.08. The van der Waals surface area contributed by atoms with Crippen LogP contribution in [0.25, 0.3) is 11.3 Å². The number of nitrogens with zero attached hydrogens (tertiary/aromatic N) is 2. The van der Waals surface area contributed by atoms with Gasteiger partial charge in [0.05, 0.1) is 19.0 Å². The predicted molar refractivity (Wildman–Crippen MR) is 73.9 cm³/mol. The summed E-state index contributed by atoms with van der Waals surface area (Å²) in [4.78, 5) is 0. The lowest BCUT2D eigenvalue weighted by atomic mass is 9.86. The molecule has 0 amide bonds. The van der Waals surface area contributed by atoms with Crippen LogP contribution in [0, 0.1) is 0 Å². The van der Waals surface area contributed by atoms with Crippen LogP contribution in [0.4, 0.5) is 0 Å². The molecule has 0 aliphatic rings. The maximum atomic E-state index is 5.19. The maximum Gasteiger partial charge on any atom is 0.118 e. The van der Waals surface area contributed by atoms with Crippen molar-refractivity contribution < 1.29 is 4.74 Å². The average Bonchev–Trinajstić information content (AvgIpc) is 2.71. The largest absolute Gasteiger partial charge is 0.497 e. The second kappa shape index (κ2) is 4.48. The van der Waals surface area contributed by atoms with Crippen LogP contribution in [-0.2, 0) is 12.5 Å². The van der Waals surface area contributed by atoms with Crippen molar-refractivity contribution >= 4 is 0 Å². The Balaban J connectivity index is 2.52. The standard InChI is InChI=1S/C15H20N2O/c1-15(2,3)13-10-16-17(4)14(13)11-6-8-12(18-5)9-7-11/h6-10H,1-5H3. The molecule has 1 aromatic carbocycles. The van der Waals surface area contributed by atoms with E-state index < -0.39 is 0 Å². The molecular weight excluding hydrogens is 224 g/mol. The van der Waals surface area contributed by atoms with E-state index in [1.54, 1.807) is 7.11 Å². The Morgan fingerprint density at radius 3 is 2.22 bits per heavy atom. The van der Waals surface area contributed by atoms with E-state index >= 15 is 0 Å². The van der Waals surface area contributed by atoms with E-state index in [1.165, 1.54) is 16.8 Å². The molecule has 0 bridgehead atoms. The van der Waals surface area contributed by atoms with E-state index in [0.717, 1.165) is 5.75 Å². The zero-order chi connectivity index (χ0) is 13.3. The van der Waals surface area contributed by atoms with Gasteiger partial charge in [-0.15, -0.1) is 0 Å². The van der Waals surface area contributed by atoms with Crippen molar-refractivity contribution in [2.45, 2.75) is 26.2 Å². The third-order valence-corrected chi connectivity index (χ3v) is 3.11. The maximum absolute atomic E-state index is 5.19. The summed E-state index contributed by atoms with van der Waals surface area (Å²) in [5.74, 6) is 0.873. The third kappa shape index (κ3) is 2.26. The molecule has 0 aliphatic heterocycles. The lowest BCUT2D eigenvalue weighted by Crippen LogP contribution is -2.12. The summed E-state index contributed by atoms with van der Waals surface area (Å²) in [5, 5.41) is 4.39. The Hall–Kier alpha value is -1.77. The Kier molecular flexibility index (Phi) is 3.16. The lowest BCUT2D eigenvalue weighted by Gasteiger charge is -2.19. The normalized spacial score (nSPS) is 11.6. The molecular formula is C15H20N2O. The zero-order valence-corrected chi connectivity index (χ0v) is 11.7. The Bertz CT molecular complexity index is 533. The molecule has 0 radical (unpaired) electrons. The molecule has 0 aliphatic carbocycles. The van der Waals surface area contributed by atoms with E-state index in [4.69, 9.17) is 4.74 Å². The van der Waals surface area contributed by atoms with Crippen molar-refractivity contribution in [1.82, 2.24) is 9.78 Å². The van der Waals surface area contributed by atoms with Gasteiger partial charge in [-0.05, 0) is 29.7 Å². The van der Waals surface area contributed by atoms with Crippen molar-refractivity contribution in [3.05, 3.63) is 36.0 Å². The second-order valence-corrected chi connectivity index (χ2v) is 5.51. The third-order valence-electron chi connectivity index (χ3n) is 3.11. The molecule has 3 nitrogen and oxygen atoms in total. The van der Waals surface area contributed by atoms with Gasteiger partial charge in [0.25, 0.3) is 0 Å². The number of ether oxygens (including phenoxy) is 1. The van der Waals surface area contributed by atoms with Crippen molar-refractivity contribution in [2.24, 2.45) is 7.05 Å². The van der Waals surface area contributed by atoms with Gasteiger partial charge >= 0.3 is 0 Å². The van der Waals surface area contributed by atoms with E-state index in [2.05, 4.69) is 38.0 Å². The van der Waals surface area contributed by atoms with Crippen LogP contribution in [0.2, 0.25) is 0 Å². The highest BCUT2D eigenvalue weighted by atomic mass is 16.5. The van der Waals surface area contributed by atoms with Crippen LogP contribution >= 0.6 is 0 Å². The van der Waals surface area contributed by atoms with E-state index in [0.29, 0.717) is 0 Å². The Labute approximate surface area is 108 Å². The topological polar surface area (TPSA) is 27.1 Å². The lowest BCUT2D eigenvalue weighted by molar-refractivity contribution is 0.415. The Morgan fingerprint density at radius 2 is 1.72 bits per heavy atom. The first kappa shape index (κ1) is 12.7. The molecule has 0 fully saturated rings. The monoisotopic (exact) mass is 244 g/mol. The van der Waals surface area contributed by atoms with Gasteiger partial charge in [-0.2, -0.15) is 5.10 Å². The van der Waals surface area contributed by atoms with Gasteiger partial charge in [-0.1, -0.05) is 20.8 Å². The van der Waals surface area contributed by atoms with Gasteiger partial charge in [0.2, 0.25) is 0 Å². The highest BCUT2D eigenvalue weighted by Gasteiger charge is 2.22. The van der Waals surface area contributed by atoms with Crippen molar-refractivity contribution in [3.63, 3.8) is 0 Å². The first-order valence-corrected chi connectivity index (χ1v) is 6.10. The molecule has 0 saturated carbocycles. The smallest absolute Gasteiger partial charge is 0.118 e. The minimum atomic E-state index is 0.0868. The minimum Gasteiger partial charge on any atom is -0.497 e. The highest BCUT2D eigenvalue weighted by molar-refractivity contribution is 5.65. The van der Waals surface area contributed by atoms with Gasteiger partial charge in [-0.3, -0.25) is 4.68 Å². The second-order valence-electron chi connectivity index (χ2n) is 5.51. The number of rotatable bonds is 2. The fourth-order valence-corrected chi connectivity index (χ4v) is 2.08. The highest BCUT2D eigenvalue weighted by Crippen LogP contribution is 2.33. The van der Waals surface area contributed by atoms with Crippen molar-refractivity contribution in [3.8, 4) is 17.0 Å². The van der Waals surface area contributed by atoms with Crippen LogP contribution in [-0.4, -0.2) is 16.9 Å². The van der Waals surface area contributed by atoms with Gasteiger partial charge in [0.1, 0.15) is 5.75 Å². The number of aryl methyl sites for hydroxylation is 1. The molecule has 0 atom stereocenters. The summed E-state index contributed by atoms with van der Waals surface area (Å²) in [7, 11) is 3.66. The molecule has 0 spiro atoms. The van der Waals surface area contributed by atoms with Crippen molar-refractivity contribution in [2.75, 3.05) is 7.11 Å². The summed E-state index contributed by atoms with van der Waals surface area (Å²) in [6.07, 6.45) is 1.96. The molecule has 0 saturated heterocycles. The number of benzene rings is 1. The molecule has 2 aromatic rings. The van der Waals surface area contributed by atoms with Crippen LogP contribution < -0.4 is 4.74 Å². The number of hydrogen-bond acceptors (Lipinski definition) is 2. The van der Waals surface area contributed by atoms with Gasteiger partial charge in [-0.25, -0.2) is 0 Å². The summed E-state index contributed by atoms with van der Waals surface area (Å²) in [6, 6.07) is 8.11. The Morgan fingerprint density at radius 1 is 1.11 bits per heavy atom.